The van der Waals surface area contributed by atoms with E-state index in [9.17, 15) is 0 Å². The molecule has 1 fully saturated rings. The van der Waals surface area contributed by atoms with E-state index < -0.39 is 0 Å². The van der Waals surface area contributed by atoms with Gasteiger partial charge in [-0.2, -0.15) is 0 Å². The Balaban J connectivity index is 2.17. The molecule has 12 heavy (non-hydrogen) atoms. The highest BCUT2D eigenvalue weighted by atomic mass is 35.5. The molecule has 1 aromatic carbocycles. The number of benzene rings is 1. The van der Waals surface area contributed by atoms with E-state index in [1.807, 2.05) is 0 Å². The summed E-state index contributed by atoms with van der Waals surface area (Å²) in [6.07, 6.45) is 2.50. The quantitative estimate of drug-likeness (QED) is 0.535. The first-order chi connectivity index (χ1) is 5.86. The largest absolute Gasteiger partial charge is 0.122 e. The molecule has 0 radical (unpaired) electrons. The van der Waals surface area contributed by atoms with Gasteiger partial charge in [0.05, 0.1) is 0 Å². The fourth-order valence-corrected chi connectivity index (χ4v) is 3.24. The number of halogens is 1. The smallest absolute Gasteiger partial charge is 0.0410 e. The van der Waals surface area contributed by atoms with Gasteiger partial charge in [-0.05, 0) is 29.9 Å². The Hall–Kier alpha value is -0.490. The molecule has 2 aliphatic rings. The summed E-state index contributed by atoms with van der Waals surface area (Å²) in [6, 6.07) is 8.78. The summed E-state index contributed by atoms with van der Waals surface area (Å²) < 4.78 is 0. The molecule has 0 saturated heterocycles. The predicted molar refractivity (Wildman–Crippen MR) is 50.8 cm³/mol. The normalized spacial score (nSPS) is 36.9. The molecule has 0 nitrogen and oxygen atoms in total. The zero-order chi connectivity index (χ0) is 8.13. The summed E-state index contributed by atoms with van der Waals surface area (Å²) in [4.78, 5) is 0. The molecule has 0 unspecified atom stereocenters. The van der Waals surface area contributed by atoms with Crippen molar-refractivity contribution in [3.8, 4) is 0 Å². The van der Waals surface area contributed by atoms with Gasteiger partial charge in [0.2, 0.25) is 0 Å². The van der Waals surface area contributed by atoms with Crippen LogP contribution in [-0.4, -0.2) is 5.38 Å². The maximum Gasteiger partial charge on any atom is 0.0410 e. The van der Waals surface area contributed by atoms with Crippen molar-refractivity contribution in [3.05, 3.63) is 35.4 Å². The van der Waals surface area contributed by atoms with E-state index >= 15 is 0 Å². The second-order valence-electron chi connectivity index (χ2n) is 3.92. The van der Waals surface area contributed by atoms with Gasteiger partial charge in [0.15, 0.2) is 0 Å². The molecule has 1 saturated carbocycles. The molecule has 0 N–H and O–H groups in total. The molecule has 0 aliphatic heterocycles. The monoisotopic (exact) mass is 178 g/mol. The lowest BCUT2D eigenvalue weighted by Gasteiger charge is -2.18. The summed E-state index contributed by atoms with van der Waals surface area (Å²) in [5.41, 5.74) is 3.09. The van der Waals surface area contributed by atoms with E-state index in [2.05, 4.69) is 24.3 Å². The van der Waals surface area contributed by atoms with Crippen LogP contribution in [-0.2, 0) is 0 Å². The Morgan fingerprint density at radius 1 is 1.08 bits per heavy atom. The van der Waals surface area contributed by atoms with Crippen molar-refractivity contribution in [2.45, 2.75) is 30.1 Å². The number of rotatable bonds is 0. The van der Waals surface area contributed by atoms with Crippen LogP contribution in [0, 0.1) is 0 Å². The van der Waals surface area contributed by atoms with Crippen LogP contribution >= 0.6 is 11.6 Å². The molecule has 0 aromatic heterocycles. The third kappa shape index (κ3) is 0.740. The van der Waals surface area contributed by atoms with Crippen LogP contribution in [0.1, 0.15) is 35.8 Å². The maximum absolute atomic E-state index is 6.24. The molecule has 0 amide bonds. The van der Waals surface area contributed by atoms with E-state index in [0.717, 1.165) is 5.92 Å². The minimum Gasteiger partial charge on any atom is -0.122 e. The minimum atomic E-state index is 0.407. The number of fused-ring (bicyclic) bond motifs is 5. The van der Waals surface area contributed by atoms with Gasteiger partial charge in [-0.25, -0.2) is 0 Å². The molecule has 2 aliphatic carbocycles. The Labute approximate surface area is 77.5 Å². The van der Waals surface area contributed by atoms with Gasteiger partial charge in [0, 0.05) is 11.3 Å². The fraction of sp³-hybridized carbons (Fsp3) is 0.455. The SMILES string of the molecule is Cl[C@@H]1C[C@@H]2C[C@H]1c1ccccc12. The van der Waals surface area contributed by atoms with Gasteiger partial charge >= 0.3 is 0 Å². The van der Waals surface area contributed by atoms with Gasteiger partial charge in [0.25, 0.3) is 0 Å². The van der Waals surface area contributed by atoms with Crippen molar-refractivity contribution in [2.75, 3.05) is 0 Å². The van der Waals surface area contributed by atoms with Crippen molar-refractivity contribution >= 4 is 11.6 Å². The van der Waals surface area contributed by atoms with Crippen LogP contribution in [0.3, 0.4) is 0 Å². The Kier molecular flexibility index (Phi) is 1.31. The third-order valence-corrected chi connectivity index (χ3v) is 3.80. The van der Waals surface area contributed by atoms with Crippen molar-refractivity contribution in [3.63, 3.8) is 0 Å². The Morgan fingerprint density at radius 3 is 2.67 bits per heavy atom. The molecule has 1 aromatic rings. The summed E-state index contributed by atoms with van der Waals surface area (Å²) >= 11 is 6.24. The van der Waals surface area contributed by atoms with Gasteiger partial charge in [-0.1, -0.05) is 24.3 Å². The standard InChI is InChI=1S/C11H11Cl/c12-11-6-7-5-10(11)9-4-2-1-3-8(7)9/h1-4,7,10-11H,5-6H2/t7-,10-,11+/m0/s1. The van der Waals surface area contributed by atoms with Crippen LogP contribution in [0.25, 0.3) is 0 Å². The van der Waals surface area contributed by atoms with Crippen molar-refractivity contribution < 1.29 is 0 Å². The van der Waals surface area contributed by atoms with Crippen LogP contribution in [0.4, 0.5) is 0 Å². The average Bonchev–Trinajstić information content (AvgIpc) is 2.62. The lowest BCUT2D eigenvalue weighted by Crippen LogP contribution is -2.09. The molecule has 1 heteroatoms. The van der Waals surface area contributed by atoms with Crippen LogP contribution in [0.2, 0.25) is 0 Å². The second-order valence-corrected chi connectivity index (χ2v) is 4.48. The van der Waals surface area contributed by atoms with E-state index in [0.29, 0.717) is 11.3 Å². The fourth-order valence-electron chi connectivity index (χ4n) is 2.78. The Bertz CT molecular complexity index is 319. The minimum absolute atomic E-state index is 0.407. The highest BCUT2D eigenvalue weighted by molar-refractivity contribution is 6.21. The highest BCUT2D eigenvalue weighted by Crippen LogP contribution is 2.54. The summed E-state index contributed by atoms with van der Waals surface area (Å²) in [7, 11) is 0. The van der Waals surface area contributed by atoms with Crippen LogP contribution < -0.4 is 0 Å². The van der Waals surface area contributed by atoms with Crippen molar-refractivity contribution in [1.82, 2.24) is 0 Å². The summed E-state index contributed by atoms with van der Waals surface area (Å²) in [5, 5.41) is 0.407. The molecule has 0 spiro atoms. The lowest BCUT2D eigenvalue weighted by atomic mass is 9.92. The Morgan fingerprint density at radius 2 is 1.83 bits per heavy atom. The van der Waals surface area contributed by atoms with Crippen LogP contribution in [0.5, 0.6) is 0 Å². The first-order valence-corrected chi connectivity index (χ1v) is 5.03. The number of hydrogen-bond acceptors (Lipinski definition) is 0. The molecular weight excluding hydrogens is 168 g/mol. The summed E-state index contributed by atoms with van der Waals surface area (Å²) in [6.45, 7) is 0. The predicted octanol–water partition coefficient (Wildman–Crippen LogP) is 3.27. The molecule has 62 valence electrons. The maximum atomic E-state index is 6.24. The number of alkyl halides is 1. The first-order valence-electron chi connectivity index (χ1n) is 4.59. The molecule has 2 bridgehead atoms. The van der Waals surface area contributed by atoms with Crippen molar-refractivity contribution in [2.24, 2.45) is 0 Å². The van der Waals surface area contributed by atoms with E-state index in [1.54, 1.807) is 5.56 Å². The van der Waals surface area contributed by atoms with Gasteiger partial charge in [-0.3, -0.25) is 0 Å². The molecular formula is C11H11Cl. The van der Waals surface area contributed by atoms with E-state index in [-0.39, 0.29) is 0 Å². The molecule has 3 atom stereocenters. The highest BCUT2D eigenvalue weighted by Gasteiger charge is 2.42. The third-order valence-electron chi connectivity index (χ3n) is 3.32. The topological polar surface area (TPSA) is 0 Å². The van der Waals surface area contributed by atoms with Gasteiger partial charge in [0.1, 0.15) is 0 Å². The van der Waals surface area contributed by atoms with Gasteiger partial charge in [-0.15, -0.1) is 11.6 Å². The first kappa shape index (κ1) is 6.97. The second kappa shape index (κ2) is 2.26. The lowest BCUT2D eigenvalue weighted by molar-refractivity contribution is 0.726. The molecule has 3 rings (SSSR count). The zero-order valence-corrected chi connectivity index (χ0v) is 7.59. The average molecular weight is 179 g/mol. The van der Waals surface area contributed by atoms with Crippen molar-refractivity contribution in [1.29, 1.82) is 0 Å². The van der Waals surface area contributed by atoms with Gasteiger partial charge < -0.3 is 0 Å². The number of hydrogen-bond donors (Lipinski definition) is 0. The van der Waals surface area contributed by atoms with Crippen LogP contribution in [0.15, 0.2) is 24.3 Å². The molecule has 0 heterocycles. The summed E-state index contributed by atoms with van der Waals surface area (Å²) in [5.74, 6) is 1.43. The van der Waals surface area contributed by atoms with E-state index in [1.165, 1.54) is 18.4 Å². The van der Waals surface area contributed by atoms with E-state index in [4.69, 9.17) is 11.6 Å². The zero-order valence-electron chi connectivity index (χ0n) is 6.83.